The van der Waals surface area contributed by atoms with Crippen molar-refractivity contribution < 1.29 is 48.3 Å². The van der Waals surface area contributed by atoms with Gasteiger partial charge in [-0.2, -0.15) is 0 Å². The van der Waals surface area contributed by atoms with Crippen LogP contribution >= 0.6 is 0 Å². The number of primary amides is 2. The van der Waals surface area contributed by atoms with Crippen LogP contribution in [0.1, 0.15) is 106 Å². The molecule has 2 rings (SSSR count). The molecule has 0 saturated heterocycles. The van der Waals surface area contributed by atoms with E-state index in [2.05, 4.69) is 37.2 Å². The zero-order chi connectivity index (χ0) is 52.1. The van der Waals surface area contributed by atoms with E-state index >= 15 is 0 Å². The number of phenolic OH excluding ortho intramolecular Hbond substituents is 1. The van der Waals surface area contributed by atoms with E-state index in [4.69, 9.17) is 17.2 Å². The average molecular weight is 965 g/mol. The van der Waals surface area contributed by atoms with E-state index in [0.717, 1.165) is 5.56 Å². The smallest absolute Gasteiger partial charge is 0.243 e. The van der Waals surface area contributed by atoms with Gasteiger partial charge in [0.1, 0.15) is 48.0 Å². The number of phenols is 1. The number of amides is 9. The maximum absolute atomic E-state index is 14.3. The van der Waals surface area contributed by atoms with Crippen LogP contribution in [0.4, 0.5) is 0 Å². The summed E-state index contributed by atoms with van der Waals surface area (Å²) in [6.45, 7) is 15.9. The van der Waals surface area contributed by atoms with E-state index in [1.807, 2.05) is 65.0 Å². The van der Waals surface area contributed by atoms with Crippen molar-refractivity contribution in [3.05, 3.63) is 65.7 Å². The predicted octanol–water partition coefficient (Wildman–Crippen LogP) is 0.463. The molecule has 0 saturated carbocycles. The van der Waals surface area contributed by atoms with Gasteiger partial charge in [-0.3, -0.25) is 43.2 Å². The van der Waals surface area contributed by atoms with Crippen LogP contribution in [0, 0.1) is 23.7 Å². The Bertz CT molecular complexity index is 2050. The second kappa shape index (κ2) is 28.7. The number of benzene rings is 2. The van der Waals surface area contributed by atoms with Gasteiger partial charge in [-0.1, -0.05) is 104 Å². The molecule has 20 heteroatoms. The molecular weight excluding hydrogens is 889 g/mol. The van der Waals surface area contributed by atoms with E-state index in [0.29, 0.717) is 12.0 Å². The average Bonchev–Trinajstić information content (AvgIpc) is 3.26. The lowest BCUT2D eigenvalue weighted by Crippen LogP contribution is -2.61. The summed E-state index contributed by atoms with van der Waals surface area (Å²) in [4.78, 5) is 121. The summed E-state index contributed by atoms with van der Waals surface area (Å²) in [7, 11) is 0. The Labute approximate surface area is 405 Å². The highest BCUT2D eigenvalue weighted by Crippen LogP contribution is 2.15. The summed E-state index contributed by atoms with van der Waals surface area (Å²) < 4.78 is 0. The fourth-order valence-corrected chi connectivity index (χ4v) is 7.29. The van der Waals surface area contributed by atoms with Gasteiger partial charge in [0.2, 0.25) is 53.2 Å². The Balaban J connectivity index is 2.36. The van der Waals surface area contributed by atoms with Gasteiger partial charge in [-0.05, 0) is 79.5 Å². The molecule has 2 aromatic carbocycles. The monoisotopic (exact) mass is 965 g/mol. The molecule has 0 aliphatic carbocycles. The van der Waals surface area contributed by atoms with Crippen LogP contribution < -0.4 is 54.4 Å². The quantitative estimate of drug-likeness (QED) is 0.0532. The Morgan fingerprint density at radius 2 is 0.928 bits per heavy atom. The van der Waals surface area contributed by atoms with Gasteiger partial charge in [0.15, 0.2) is 0 Å². The fraction of sp³-hybridized carbons (Fsp3) is 0.571. The van der Waals surface area contributed by atoms with Crippen molar-refractivity contribution in [2.24, 2.45) is 40.9 Å². The highest BCUT2D eigenvalue weighted by molar-refractivity contribution is 5.98. The summed E-state index contributed by atoms with van der Waals surface area (Å²) in [6.07, 6.45) is 0.290. The highest BCUT2D eigenvalue weighted by atomic mass is 16.3. The number of carbonyl (C=O) groups is 9. The van der Waals surface area contributed by atoms with E-state index < -0.39 is 108 Å². The summed E-state index contributed by atoms with van der Waals surface area (Å²) in [6, 6.07) is 5.29. The zero-order valence-corrected chi connectivity index (χ0v) is 41.4. The minimum Gasteiger partial charge on any atom is -0.508 e. The van der Waals surface area contributed by atoms with Crippen LogP contribution in [0.25, 0.3) is 0 Å². The number of hydrogen-bond acceptors (Lipinski definition) is 11. The van der Waals surface area contributed by atoms with Crippen LogP contribution in [0.5, 0.6) is 5.75 Å². The minimum absolute atomic E-state index is 0.0390. The standard InChI is InChI=1S/C49H76N10O10/c1-10-29(8)41(59-44(64)34(50)23-31-14-12-11-13-15-31)49(69)53-30(9)43(63)55-36(21-27(4)5)45(65)57-38(24-32-16-18-33(60)19-17-32)47(67)56-37(22-28(6)7)46(66)58-39(25-40(51)61)48(68)54-35(42(52)62)20-26(2)3/h11-19,26-30,34-39,41,60H,10,20-25,50H2,1-9H3,(H2,51,61)(H2,52,62)(H,53,69)(H,54,68)(H,55,63)(H,56,67)(H,57,65)(H,58,66)(H,59,64)/t29-,30-,34-,35-,36-,37-,38-,39-,41-/m0/s1. The third kappa shape index (κ3) is 21.1. The first kappa shape index (κ1) is 58.6. The first-order valence-electron chi connectivity index (χ1n) is 23.6. The van der Waals surface area contributed by atoms with Gasteiger partial charge in [0.25, 0.3) is 0 Å². The lowest BCUT2D eigenvalue weighted by molar-refractivity contribution is -0.136. The van der Waals surface area contributed by atoms with E-state index in [9.17, 15) is 48.3 Å². The van der Waals surface area contributed by atoms with Crippen molar-refractivity contribution in [2.75, 3.05) is 0 Å². The van der Waals surface area contributed by atoms with Gasteiger partial charge >= 0.3 is 0 Å². The first-order valence-corrected chi connectivity index (χ1v) is 23.6. The van der Waals surface area contributed by atoms with Gasteiger partial charge in [0.05, 0.1) is 12.5 Å². The van der Waals surface area contributed by atoms with Crippen LogP contribution in [-0.2, 0) is 56.0 Å². The largest absolute Gasteiger partial charge is 0.508 e. The highest BCUT2D eigenvalue weighted by Gasteiger charge is 2.35. The second-order valence-electron chi connectivity index (χ2n) is 19.0. The number of aromatic hydroxyl groups is 1. The topological polar surface area (TPSA) is 336 Å². The Kier molecular flexibility index (Phi) is 24.3. The SMILES string of the molecule is CC[C@H](C)[C@H](NC(=O)[C@@H](N)Cc1ccccc1)C(=O)N[C@@H](C)C(=O)N[C@@H](CC(C)C)C(=O)N[C@@H](Cc1ccc(O)cc1)C(=O)N[C@@H](CC(C)C)C(=O)N[C@@H](CC(N)=O)C(=O)N[C@@H](CC(C)C)C(N)=O. The van der Waals surface area contributed by atoms with Crippen molar-refractivity contribution in [2.45, 2.75) is 156 Å². The normalized spacial score (nSPS) is 15.2. The third-order valence-corrected chi connectivity index (χ3v) is 11.3. The summed E-state index contributed by atoms with van der Waals surface area (Å²) >= 11 is 0. The lowest BCUT2D eigenvalue weighted by Gasteiger charge is -2.29. The number of carbonyl (C=O) groups excluding carboxylic acids is 9. The zero-order valence-electron chi connectivity index (χ0n) is 41.4. The van der Waals surface area contributed by atoms with Crippen molar-refractivity contribution in [3.63, 3.8) is 0 Å². The molecule has 0 heterocycles. The van der Waals surface area contributed by atoms with Gasteiger partial charge in [-0.25, -0.2) is 0 Å². The number of hydrogen-bond donors (Lipinski definition) is 11. The molecule has 0 aromatic heterocycles. The molecule has 0 aliphatic rings. The molecule has 0 unspecified atom stereocenters. The molecule has 69 heavy (non-hydrogen) atoms. The summed E-state index contributed by atoms with van der Waals surface area (Å²) in [5.41, 5.74) is 18.5. The second-order valence-corrected chi connectivity index (χ2v) is 19.0. The third-order valence-electron chi connectivity index (χ3n) is 11.3. The van der Waals surface area contributed by atoms with Crippen LogP contribution in [0.2, 0.25) is 0 Å². The number of nitrogens with two attached hydrogens (primary N) is 3. The van der Waals surface area contributed by atoms with Gasteiger partial charge < -0.3 is 59.5 Å². The summed E-state index contributed by atoms with van der Waals surface area (Å²) in [5, 5.41) is 28.4. The van der Waals surface area contributed by atoms with Crippen LogP contribution in [0.3, 0.4) is 0 Å². The van der Waals surface area contributed by atoms with Gasteiger partial charge in [-0.15, -0.1) is 0 Å². The van der Waals surface area contributed by atoms with Crippen LogP contribution in [-0.4, -0.2) is 107 Å². The molecule has 9 atom stereocenters. The Morgan fingerprint density at radius 3 is 1.42 bits per heavy atom. The first-order chi connectivity index (χ1) is 32.3. The summed E-state index contributed by atoms with van der Waals surface area (Å²) in [5.74, 6) is -7.82. The molecule has 0 radical (unpaired) electrons. The Hall–Kier alpha value is -6.57. The fourth-order valence-electron chi connectivity index (χ4n) is 7.29. The van der Waals surface area contributed by atoms with E-state index in [1.165, 1.54) is 31.2 Å². The van der Waals surface area contributed by atoms with Crippen molar-refractivity contribution in [1.82, 2.24) is 37.2 Å². The minimum atomic E-state index is -1.54. The molecule has 20 nitrogen and oxygen atoms in total. The van der Waals surface area contributed by atoms with E-state index in [-0.39, 0.29) is 61.5 Å². The molecule has 0 fully saturated rings. The number of rotatable bonds is 29. The van der Waals surface area contributed by atoms with Gasteiger partial charge in [0, 0.05) is 6.42 Å². The molecule has 0 bridgehead atoms. The Morgan fingerprint density at radius 1 is 0.493 bits per heavy atom. The predicted molar refractivity (Wildman–Crippen MR) is 260 cm³/mol. The molecular formula is C49H76N10O10. The maximum Gasteiger partial charge on any atom is 0.243 e. The molecule has 9 amide bonds. The molecule has 14 N–H and O–H groups in total. The van der Waals surface area contributed by atoms with Crippen molar-refractivity contribution in [3.8, 4) is 5.75 Å². The molecule has 0 spiro atoms. The molecule has 2 aromatic rings. The number of nitrogens with one attached hydrogen (secondary N) is 7. The molecule has 382 valence electrons. The molecule has 0 aliphatic heterocycles. The lowest BCUT2D eigenvalue weighted by atomic mass is 9.97. The van der Waals surface area contributed by atoms with Crippen molar-refractivity contribution in [1.29, 1.82) is 0 Å². The maximum atomic E-state index is 14.3. The van der Waals surface area contributed by atoms with Crippen molar-refractivity contribution >= 4 is 53.2 Å². The van der Waals surface area contributed by atoms with E-state index in [1.54, 1.807) is 20.8 Å². The van der Waals surface area contributed by atoms with Crippen LogP contribution in [0.15, 0.2) is 54.6 Å².